The van der Waals surface area contributed by atoms with Crippen molar-refractivity contribution in [2.24, 2.45) is 0 Å². The molecule has 1 aromatic carbocycles. The average Bonchev–Trinajstić information content (AvgIpc) is 3.07. The Labute approximate surface area is 145 Å². The molecule has 10 heteroatoms. The fourth-order valence-electron chi connectivity index (χ4n) is 2.70. The van der Waals surface area contributed by atoms with Gasteiger partial charge in [0.15, 0.2) is 11.5 Å². The normalized spacial score (nSPS) is 19.7. The summed E-state index contributed by atoms with van der Waals surface area (Å²) in [6.45, 7) is 1.60. The van der Waals surface area contributed by atoms with E-state index in [1.807, 2.05) is 0 Å². The van der Waals surface area contributed by atoms with Crippen molar-refractivity contribution >= 4 is 6.08 Å². The van der Waals surface area contributed by atoms with Gasteiger partial charge in [-0.1, -0.05) is 0 Å². The third kappa shape index (κ3) is 3.15. The van der Waals surface area contributed by atoms with Crippen molar-refractivity contribution < 1.29 is 42.7 Å². The van der Waals surface area contributed by atoms with Crippen LogP contribution < -0.4 is 23.5 Å². The summed E-state index contributed by atoms with van der Waals surface area (Å²) in [5.74, 6) is -1.00. The van der Waals surface area contributed by atoms with E-state index in [1.54, 1.807) is 19.1 Å². The van der Waals surface area contributed by atoms with Crippen molar-refractivity contribution in [1.82, 2.24) is 10.2 Å². The number of hydrogen-bond donors (Lipinski definition) is 1. The maximum Gasteiger partial charge on any atom is 0.431 e. The van der Waals surface area contributed by atoms with Gasteiger partial charge in [0.2, 0.25) is 0 Å². The predicted octanol–water partition coefficient (Wildman–Crippen LogP) is -1.07. The molecule has 2 heterocycles. The number of halogens is 1. The zero-order chi connectivity index (χ0) is 18.2. The highest BCUT2D eigenvalue weighted by molar-refractivity contribution is 5.65. The molecule has 1 atom stereocenters. The number of hydrogen-bond acceptors (Lipinski definition) is 8. The van der Waals surface area contributed by atoms with Gasteiger partial charge in [0.25, 0.3) is 0 Å². The molecular formula is C15H15ClN2O7. The van der Waals surface area contributed by atoms with Crippen LogP contribution in [0.1, 0.15) is 23.7 Å². The molecule has 1 unspecified atom stereocenters. The molecule has 1 aliphatic heterocycles. The Morgan fingerprint density at radius 3 is 2.40 bits per heavy atom. The minimum Gasteiger partial charge on any atom is -0.493 e. The predicted molar refractivity (Wildman–Crippen MR) is 74.7 cm³/mol. The van der Waals surface area contributed by atoms with E-state index < -0.39 is 16.0 Å². The number of aromatic nitrogens is 2. The second-order valence-electron chi connectivity index (χ2n) is 5.19. The molecule has 0 saturated carbocycles. The Morgan fingerprint density at radius 1 is 1.16 bits per heavy atom. The number of nitrogens with one attached hydrogen (secondary N) is 1. The zero-order valence-corrected chi connectivity index (χ0v) is 14.3. The van der Waals surface area contributed by atoms with E-state index in [2.05, 4.69) is 10.2 Å². The quantitative estimate of drug-likeness (QED) is 0.703. The summed E-state index contributed by atoms with van der Waals surface area (Å²) >= 11 is 0. The summed E-state index contributed by atoms with van der Waals surface area (Å²) in [6, 6.07) is 4.56. The molecule has 0 spiro atoms. The van der Waals surface area contributed by atoms with Crippen LogP contribution in [0.4, 0.5) is 0 Å². The second kappa shape index (κ2) is 6.21. The van der Waals surface area contributed by atoms with Crippen LogP contribution in [0.25, 0.3) is 6.08 Å². The van der Waals surface area contributed by atoms with E-state index >= 15 is 0 Å². The number of fused-ring (bicyclic) bond motifs is 1. The molecule has 134 valence electrons. The van der Waals surface area contributed by atoms with E-state index in [1.165, 1.54) is 32.5 Å². The zero-order valence-electron chi connectivity index (χ0n) is 13.6. The third-order valence-corrected chi connectivity index (χ3v) is 4.04. The Balaban J connectivity index is 2.29. The maximum atomic E-state index is 11.4. The molecule has 1 aromatic heterocycles. The first-order valence-electron chi connectivity index (χ1n) is 7.04. The molecular weight excluding hydrogens is 356 g/mol. The lowest BCUT2D eigenvalue weighted by molar-refractivity contribution is -1.92. The Morgan fingerprint density at radius 2 is 1.84 bits per heavy atom. The van der Waals surface area contributed by atoms with Gasteiger partial charge in [-0.3, -0.25) is 5.10 Å². The molecule has 2 aromatic rings. The summed E-state index contributed by atoms with van der Waals surface area (Å²) < 4.78 is 55.2. The lowest BCUT2D eigenvalue weighted by Crippen LogP contribution is -2.64. The molecule has 0 saturated heterocycles. The molecule has 0 aliphatic carbocycles. The Kier molecular flexibility index (Phi) is 4.35. The van der Waals surface area contributed by atoms with Crippen LogP contribution in [0.15, 0.2) is 30.2 Å². The molecule has 9 nitrogen and oxygen atoms in total. The summed E-state index contributed by atoms with van der Waals surface area (Å²) in [5.41, 5.74) is 0.905. The highest BCUT2D eigenvalue weighted by Gasteiger charge is 2.56. The fraction of sp³-hybridized carbons (Fsp3) is 0.267. The topological polar surface area (TPSA) is 135 Å². The van der Waals surface area contributed by atoms with E-state index in [0.29, 0.717) is 22.8 Å². The number of allylic oxidation sites excluding steroid dienone is 1. The van der Waals surface area contributed by atoms with Crippen molar-refractivity contribution in [3.63, 3.8) is 0 Å². The van der Waals surface area contributed by atoms with Gasteiger partial charge >= 0.3 is 5.79 Å². The molecule has 3 rings (SSSR count). The van der Waals surface area contributed by atoms with Crippen LogP contribution >= 0.6 is 0 Å². The van der Waals surface area contributed by atoms with Crippen molar-refractivity contribution in [2.75, 3.05) is 14.2 Å². The third-order valence-electron chi connectivity index (χ3n) is 3.63. The van der Waals surface area contributed by atoms with E-state index in [-0.39, 0.29) is 11.3 Å². The van der Waals surface area contributed by atoms with Gasteiger partial charge in [0.1, 0.15) is 9.98 Å². The van der Waals surface area contributed by atoms with Gasteiger partial charge in [0.05, 0.1) is 35.8 Å². The lowest BCUT2D eigenvalue weighted by Gasteiger charge is -2.33. The van der Waals surface area contributed by atoms with Gasteiger partial charge in [-0.15, -0.1) is 0 Å². The van der Waals surface area contributed by atoms with Crippen LogP contribution in [-0.4, -0.2) is 24.4 Å². The Hall–Kier alpha value is -2.30. The first kappa shape index (κ1) is 17.5. The molecule has 1 N–H and O–H groups in total. The number of H-pyrrole nitrogens is 1. The first-order chi connectivity index (χ1) is 11.8. The molecule has 25 heavy (non-hydrogen) atoms. The SMILES string of the molecule is COc1cc2c(cc1OC)C(O[Cl+3]([O-])([O-])[O-])(c1ccn[nH]1)OC(C)=C2. The number of benzene rings is 1. The molecule has 0 bridgehead atoms. The number of nitrogens with zero attached hydrogens (tertiary/aromatic N) is 1. The van der Waals surface area contributed by atoms with Crippen molar-refractivity contribution in [1.29, 1.82) is 0 Å². The maximum absolute atomic E-state index is 11.4. The number of ether oxygens (including phenoxy) is 3. The van der Waals surface area contributed by atoms with Crippen molar-refractivity contribution in [3.05, 3.63) is 47.0 Å². The second-order valence-corrected chi connectivity index (χ2v) is 6.10. The molecule has 0 fully saturated rings. The summed E-state index contributed by atoms with van der Waals surface area (Å²) in [7, 11) is -1.93. The standard InChI is InChI=1S/C15H15ClN2O7/c1-9-6-10-7-12(22-2)13(23-3)8-11(10)15(24-9,25-16(19,20)21)14-4-5-17-18-14/h4-8H,1-3H3,(H,17,18). The highest BCUT2D eigenvalue weighted by Crippen LogP contribution is 2.46. The number of rotatable bonds is 5. The number of aromatic amines is 1. The van der Waals surface area contributed by atoms with Gasteiger partial charge in [-0.25, -0.2) is 0 Å². The van der Waals surface area contributed by atoms with Gasteiger partial charge in [-0.05, 0) is 36.8 Å². The van der Waals surface area contributed by atoms with Gasteiger partial charge < -0.3 is 14.2 Å². The van der Waals surface area contributed by atoms with Crippen molar-refractivity contribution in [3.8, 4) is 11.5 Å². The summed E-state index contributed by atoms with van der Waals surface area (Å²) in [6.07, 6.45) is 3.04. The lowest BCUT2D eigenvalue weighted by atomic mass is 9.93. The minimum absolute atomic E-state index is 0.125. The number of methoxy groups -OCH3 is 2. The highest BCUT2D eigenvalue weighted by atomic mass is 35.7. The monoisotopic (exact) mass is 370 g/mol. The van der Waals surface area contributed by atoms with Crippen molar-refractivity contribution in [2.45, 2.75) is 12.7 Å². The van der Waals surface area contributed by atoms with Crippen LogP contribution in [0, 0.1) is 10.2 Å². The minimum atomic E-state index is -4.83. The Bertz CT molecular complexity index is 801. The summed E-state index contributed by atoms with van der Waals surface area (Å²) in [5, 5.41) is 6.38. The van der Waals surface area contributed by atoms with E-state index in [4.69, 9.17) is 18.5 Å². The molecule has 0 radical (unpaired) electrons. The van der Waals surface area contributed by atoms with Crippen LogP contribution in [0.5, 0.6) is 11.5 Å². The average molecular weight is 371 g/mol. The summed E-state index contributed by atoms with van der Waals surface area (Å²) in [4.78, 5) is 0. The van der Waals surface area contributed by atoms with Crippen LogP contribution in [-0.2, 0) is 14.8 Å². The van der Waals surface area contributed by atoms with Gasteiger partial charge in [-0.2, -0.15) is 19.1 Å². The fourth-order valence-corrected chi connectivity index (χ4v) is 3.16. The first-order valence-corrected chi connectivity index (χ1v) is 8.27. The van der Waals surface area contributed by atoms with E-state index in [9.17, 15) is 14.0 Å². The van der Waals surface area contributed by atoms with Crippen LogP contribution in [0.2, 0.25) is 0 Å². The van der Waals surface area contributed by atoms with Gasteiger partial charge in [0, 0.05) is 6.20 Å². The molecule has 1 aliphatic rings. The smallest absolute Gasteiger partial charge is 0.431 e. The largest absolute Gasteiger partial charge is 0.493 e. The van der Waals surface area contributed by atoms with Crippen LogP contribution in [0.3, 0.4) is 0 Å². The van der Waals surface area contributed by atoms with E-state index in [0.717, 1.165) is 0 Å². The molecule has 0 amide bonds.